The van der Waals surface area contributed by atoms with Crippen molar-refractivity contribution in [2.45, 2.75) is 32.8 Å². The van der Waals surface area contributed by atoms with Gasteiger partial charge in [-0.25, -0.2) is 0 Å². The van der Waals surface area contributed by atoms with E-state index in [1.54, 1.807) is 0 Å². The summed E-state index contributed by atoms with van der Waals surface area (Å²) in [4.78, 5) is 0. The van der Waals surface area contributed by atoms with E-state index in [1.807, 2.05) is 6.08 Å². The van der Waals surface area contributed by atoms with E-state index >= 15 is 0 Å². The van der Waals surface area contributed by atoms with Crippen molar-refractivity contribution in [3.8, 4) is 0 Å². The minimum Gasteiger partial charge on any atom is -0.389 e. The number of hydrogen-bond acceptors (Lipinski definition) is 1. The monoisotopic (exact) mass is 138 g/mol. The average molecular weight is 138 g/mol. The topological polar surface area (TPSA) is 20.2 Å². The number of rotatable bonds is 0. The van der Waals surface area contributed by atoms with Crippen molar-refractivity contribution in [3.63, 3.8) is 0 Å². The predicted molar refractivity (Wildman–Crippen MR) is 40.6 cm³/mol. The highest BCUT2D eigenvalue weighted by molar-refractivity contribution is 5.24. The third kappa shape index (κ3) is 0.615. The zero-order chi connectivity index (χ0) is 7.41. The molecule has 0 amide bonds. The molecule has 1 unspecified atom stereocenters. The Morgan fingerprint density at radius 1 is 1.50 bits per heavy atom. The van der Waals surface area contributed by atoms with Crippen LogP contribution in [-0.2, 0) is 0 Å². The van der Waals surface area contributed by atoms with Gasteiger partial charge in [0, 0.05) is 0 Å². The van der Waals surface area contributed by atoms with Crippen LogP contribution < -0.4 is 0 Å². The molecule has 0 radical (unpaired) electrons. The smallest absolute Gasteiger partial charge is 0.0726 e. The maximum absolute atomic E-state index is 9.30. The van der Waals surface area contributed by atoms with Crippen molar-refractivity contribution in [3.05, 3.63) is 12.2 Å². The lowest BCUT2D eigenvalue weighted by atomic mass is 9.86. The Morgan fingerprint density at radius 2 is 2.20 bits per heavy atom. The molecular weight excluding hydrogens is 124 g/mol. The Morgan fingerprint density at radius 3 is 2.70 bits per heavy atom. The molecule has 2 aliphatic carbocycles. The summed E-state index contributed by atoms with van der Waals surface area (Å²) in [5.74, 6) is 0. The van der Waals surface area contributed by atoms with Gasteiger partial charge in [-0.1, -0.05) is 26.0 Å². The van der Waals surface area contributed by atoms with E-state index in [9.17, 15) is 5.11 Å². The van der Waals surface area contributed by atoms with E-state index in [-0.39, 0.29) is 6.10 Å². The molecule has 2 rings (SSSR count). The largest absolute Gasteiger partial charge is 0.389 e. The molecule has 3 atom stereocenters. The number of aliphatic hydroxyl groups excluding tert-OH is 1. The lowest BCUT2D eigenvalue weighted by Crippen LogP contribution is -2.18. The maximum Gasteiger partial charge on any atom is 0.0726 e. The van der Waals surface area contributed by atoms with E-state index in [1.165, 1.54) is 6.42 Å². The molecule has 1 heteroatoms. The van der Waals surface area contributed by atoms with Crippen LogP contribution in [0.1, 0.15) is 26.7 Å². The summed E-state index contributed by atoms with van der Waals surface area (Å²) in [5.41, 5.74) is 0.841. The van der Waals surface area contributed by atoms with Gasteiger partial charge in [-0.3, -0.25) is 0 Å². The van der Waals surface area contributed by atoms with E-state index in [4.69, 9.17) is 0 Å². The number of allylic oxidation sites excluding steroid dienone is 1. The van der Waals surface area contributed by atoms with Crippen molar-refractivity contribution < 1.29 is 5.11 Å². The summed E-state index contributed by atoms with van der Waals surface area (Å²) in [6, 6.07) is 0. The molecule has 0 aliphatic heterocycles. The van der Waals surface area contributed by atoms with Crippen LogP contribution in [0, 0.1) is 10.8 Å². The van der Waals surface area contributed by atoms with E-state index in [0.717, 1.165) is 6.42 Å². The van der Waals surface area contributed by atoms with Gasteiger partial charge in [-0.05, 0) is 23.7 Å². The Hall–Kier alpha value is -0.300. The molecule has 56 valence electrons. The zero-order valence-corrected chi connectivity index (χ0v) is 6.59. The van der Waals surface area contributed by atoms with Crippen LogP contribution in [0.15, 0.2) is 12.2 Å². The van der Waals surface area contributed by atoms with Crippen molar-refractivity contribution in [2.75, 3.05) is 0 Å². The van der Waals surface area contributed by atoms with Gasteiger partial charge >= 0.3 is 0 Å². The van der Waals surface area contributed by atoms with E-state index in [0.29, 0.717) is 10.8 Å². The zero-order valence-electron chi connectivity index (χ0n) is 6.59. The SMILES string of the molecule is C[C@]12CC(O)C=C[C@@]1(C)C2. The van der Waals surface area contributed by atoms with E-state index < -0.39 is 0 Å². The third-order valence-electron chi connectivity index (χ3n) is 3.36. The van der Waals surface area contributed by atoms with Gasteiger partial charge in [0.2, 0.25) is 0 Å². The van der Waals surface area contributed by atoms with Crippen LogP contribution in [-0.4, -0.2) is 11.2 Å². The Kier molecular flexibility index (Phi) is 0.946. The summed E-state index contributed by atoms with van der Waals surface area (Å²) < 4.78 is 0. The first kappa shape index (κ1) is 6.41. The second-order valence-electron chi connectivity index (χ2n) is 4.29. The molecule has 1 N–H and O–H groups in total. The highest BCUT2D eigenvalue weighted by Crippen LogP contribution is 2.68. The van der Waals surface area contributed by atoms with Gasteiger partial charge in [0.15, 0.2) is 0 Å². The van der Waals surface area contributed by atoms with Gasteiger partial charge in [-0.15, -0.1) is 0 Å². The third-order valence-corrected chi connectivity index (χ3v) is 3.36. The minimum atomic E-state index is -0.180. The molecule has 1 saturated carbocycles. The first-order chi connectivity index (χ1) is 4.56. The summed E-state index contributed by atoms with van der Waals surface area (Å²) >= 11 is 0. The Labute approximate surface area is 61.8 Å². The number of fused-ring (bicyclic) bond motifs is 1. The standard InChI is InChI=1S/C9H14O/c1-8-4-3-7(10)5-9(8,2)6-8/h3-4,7,10H,5-6H2,1-2H3/t7?,8-,9+/m0/s1. The number of hydrogen-bond donors (Lipinski definition) is 1. The van der Waals surface area contributed by atoms with Gasteiger partial charge in [-0.2, -0.15) is 0 Å². The first-order valence-corrected chi connectivity index (χ1v) is 3.93. The van der Waals surface area contributed by atoms with Crippen LogP contribution in [0.2, 0.25) is 0 Å². The molecule has 2 aliphatic rings. The fourth-order valence-corrected chi connectivity index (χ4v) is 2.18. The highest BCUT2D eigenvalue weighted by atomic mass is 16.3. The van der Waals surface area contributed by atoms with Crippen LogP contribution in [0.4, 0.5) is 0 Å². The highest BCUT2D eigenvalue weighted by Gasteiger charge is 2.60. The molecular formula is C9H14O. The molecule has 10 heavy (non-hydrogen) atoms. The minimum absolute atomic E-state index is 0.180. The van der Waals surface area contributed by atoms with Crippen LogP contribution in [0.5, 0.6) is 0 Å². The molecule has 0 aromatic rings. The molecule has 0 aromatic carbocycles. The molecule has 0 saturated heterocycles. The summed E-state index contributed by atoms with van der Waals surface area (Å²) in [7, 11) is 0. The summed E-state index contributed by atoms with van der Waals surface area (Å²) in [5, 5.41) is 9.30. The van der Waals surface area contributed by atoms with Crippen LogP contribution in [0.25, 0.3) is 0 Å². The fraction of sp³-hybridized carbons (Fsp3) is 0.778. The number of aliphatic hydroxyl groups is 1. The maximum atomic E-state index is 9.30. The van der Waals surface area contributed by atoms with Crippen molar-refractivity contribution in [2.24, 2.45) is 10.8 Å². The van der Waals surface area contributed by atoms with E-state index in [2.05, 4.69) is 19.9 Å². The predicted octanol–water partition coefficient (Wildman–Crippen LogP) is 1.72. The second kappa shape index (κ2) is 1.48. The van der Waals surface area contributed by atoms with Crippen molar-refractivity contribution >= 4 is 0 Å². The van der Waals surface area contributed by atoms with Crippen LogP contribution in [0.3, 0.4) is 0 Å². The normalized spacial score (nSPS) is 58.1. The Balaban J connectivity index is 2.27. The molecule has 0 aromatic heterocycles. The molecule has 1 fully saturated rings. The lowest BCUT2D eigenvalue weighted by Gasteiger charge is -2.22. The molecule has 1 nitrogen and oxygen atoms in total. The van der Waals surface area contributed by atoms with Crippen molar-refractivity contribution in [1.82, 2.24) is 0 Å². The van der Waals surface area contributed by atoms with Gasteiger partial charge in [0.1, 0.15) is 0 Å². The molecule has 0 spiro atoms. The summed E-state index contributed by atoms with van der Waals surface area (Å²) in [6.07, 6.45) is 6.16. The fourth-order valence-electron chi connectivity index (χ4n) is 2.18. The van der Waals surface area contributed by atoms with Gasteiger partial charge in [0.05, 0.1) is 6.10 Å². The lowest BCUT2D eigenvalue weighted by molar-refractivity contribution is 0.164. The van der Waals surface area contributed by atoms with Gasteiger partial charge < -0.3 is 5.11 Å². The summed E-state index contributed by atoms with van der Waals surface area (Å²) in [6.45, 7) is 4.54. The Bertz CT molecular complexity index is 197. The molecule has 0 heterocycles. The molecule has 0 bridgehead atoms. The van der Waals surface area contributed by atoms with Crippen molar-refractivity contribution in [1.29, 1.82) is 0 Å². The average Bonchev–Trinajstić information content (AvgIpc) is 2.33. The van der Waals surface area contributed by atoms with Crippen LogP contribution >= 0.6 is 0 Å². The quantitative estimate of drug-likeness (QED) is 0.505. The second-order valence-corrected chi connectivity index (χ2v) is 4.29. The first-order valence-electron chi connectivity index (χ1n) is 3.93. The van der Waals surface area contributed by atoms with Gasteiger partial charge in [0.25, 0.3) is 0 Å².